The van der Waals surface area contributed by atoms with Crippen molar-refractivity contribution in [3.05, 3.63) is 17.8 Å². The van der Waals surface area contributed by atoms with Crippen LogP contribution in [-0.4, -0.2) is 26.1 Å². The number of imidazole rings is 1. The molecule has 0 spiro atoms. The number of halogens is 1. The van der Waals surface area contributed by atoms with Crippen LogP contribution in [-0.2, 0) is 4.74 Å². The molecular formula is C10H11ClN4O. The van der Waals surface area contributed by atoms with Gasteiger partial charge in [-0.15, -0.1) is 0 Å². The van der Waals surface area contributed by atoms with Crippen LogP contribution in [0, 0.1) is 0 Å². The van der Waals surface area contributed by atoms with Gasteiger partial charge >= 0.3 is 0 Å². The van der Waals surface area contributed by atoms with Crippen molar-refractivity contribution in [2.45, 2.75) is 25.5 Å². The lowest BCUT2D eigenvalue weighted by Gasteiger charge is -2.23. The molecule has 2 aromatic heterocycles. The van der Waals surface area contributed by atoms with Gasteiger partial charge in [0.2, 0.25) is 0 Å². The Kier molecular flexibility index (Phi) is 2.49. The van der Waals surface area contributed by atoms with Crippen LogP contribution in [0.25, 0.3) is 11.2 Å². The first-order valence-corrected chi connectivity index (χ1v) is 5.68. The standard InChI is InChI=1S/C10H11ClN4O/c11-9-8-10(13-5-12-9)15(6-14-8)7-3-1-2-4-16-7/h5-7H,1-4H2/t7-/m1/s1. The number of aromatic nitrogens is 4. The van der Waals surface area contributed by atoms with Crippen molar-refractivity contribution in [1.82, 2.24) is 19.5 Å². The zero-order valence-electron chi connectivity index (χ0n) is 8.64. The van der Waals surface area contributed by atoms with E-state index >= 15 is 0 Å². The van der Waals surface area contributed by atoms with Crippen molar-refractivity contribution in [3.63, 3.8) is 0 Å². The van der Waals surface area contributed by atoms with E-state index in [1.54, 1.807) is 6.33 Å². The summed E-state index contributed by atoms with van der Waals surface area (Å²) >= 11 is 5.94. The van der Waals surface area contributed by atoms with Gasteiger partial charge in [0.05, 0.1) is 6.33 Å². The van der Waals surface area contributed by atoms with Crippen LogP contribution in [0.15, 0.2) is 12.7 Å². The lowest BCUT2D eigenvalue weighted by molar-refractivity contribution is -0.0298. The number of hydrogen-bond acceptors (Lipinski definition) is 4. The second kappa shape index (κ2) is 3.99. The first kappa shape index (κ1) is 9.99. The van der Waals surface area contributed by atoms with Crippen LogP contribution in [0.5, 0.6) is 0 Å². The molecule has 1 atom stereocenters. The second-order valence-electron chi connectivity index (χ2n) is 3.81. The highest BCUT2D eigenvalue weighted by Crippen LogP contribution is 2.26. The minimum Gasteiger partial charge on any atom is -0.358 e. The van der Waals surface area contributed by atoms with E-state index in [0.717, 1.165) is 25.1 Å². The molecule has 0 saturated carbocycles. The number of rotatable bonds is 1. The van der Waals surface area contributed by atoms with Crippen LogP contribution in [0.2, 0.25) is 5.15 Å². The maximum atomic E-state index is 5.94. The highest BCUT2D eigenvalue weighted by molar-refractivity contribution is 6.33. The lowest BCUT2D eigenvalue weighted by atomic mass is 10.2. The van der Waals surface area contributed by atoms with E-state index in [1.165, 1.54) is 12.7 Å². The molecule has 3 rings (SSSR count). The van der Waals surface area contributed by atoms with Gasteiger partial charge in [-0.3, -0.25) is 4.57 Å². The van der Waals surface area contributed by atoms with E-state index in [0.29, 0.717) is 10.7 Å². The minimum absolute atomic E-state index is 0.0321. The zero-order valence-corrected chi connectivity index (χ0v) is 9.39. The Labute approximate surface area is 97.4 Å². The Balaban J connectivity index is 2.06. The second-order valence-corrected chi connectivity index (χ2v) is 4.17. The largest absolute Gasteiger partial charge is 0.358 e. The van der Waals surface area contributed by atoms with Crippen LogP contribution >= 0.6 is 11.6 Å². The monoisotopic (exact) mass is 238 g/mol. The first-order chi connectivity index (χ1) is 7.86. The molecule has 0 aromatic carbocycles. The van der Waals surface area contributed by atoms with Gasteiger partial charge in [0.1, 0.15) is 18.1 Å². The average molecular weight is 239 g/mol. The Morgan fingerprint density at radius 1 is 1.31 bits per heavy atom. The van der Waals surface area contributed by atoms with Gasteiger partial charge in [-0.2, -0.15) is 0 Å². The Bertz CT molecular complexity index is 506. The molecule has 6 heteroatoms. The van der Waals surface area contributed by atoms with E-state index in [1.807, 2.05) is 4.57 Å². The molecule has 1 fully saturated rings. The highest BCUT2D eigenvalue weighted by atomic mass is 35.5. The van der Waals surface area contributed by atoms with E-state index in [9.17, 15) is 0 Å². The molecule has 1 saturated heterocycles. The normalized spacial score (nSPS) is 21.4. The first-order valence-electron chi connectivity index (χ1n) is 5.31. The van der Waals surface area contributed by atoms with Crippen molar-refractivity contribution in [2.24, 2.45) is 0 Å². The summed E-state index contributed by atoms with van der Waals surface area (Å²) in [5.41, 5.74) is 1.38. The molecule has 3 heterocycles. The molecule has 0 amide bonds. The summed E-state index contributed by atoms with van der Waals surface area (Å²) in [6, 6.07) is 0. The molecule has 84 valence electrons. The summed E-state index contributed by atoms with van der Waals surface area (Å²) in [6.07, 6.45) is 6.49. The van der Waals surface area contributed by atoms with Crippen LogP contribution in [0.3, 0.4) is 0 Å². The number of ether oxygens (including phenoxy) is 1. The molecular weight excluding hydrogens is 228 g/mol. The van der Waals surface area contributed by atoms with Crippen molar-refractivity contribution >= 4 is 22.8 Å². The third-order valence-corrected chi connectivity index (χ3v) is 3.06. The third-order valence-electron chi connectivity index (χ3n) is 2.78. The molecule has 0 bridgehead atoms. The summed E-state index contributed by atoms with van der Waals surface area (Å²) in [4.78, 5) is 12.3. The van der Waals surface area contributed by atoms with E-state index in [-0.39, 0.29) is 6.23 Å². The lowest BCUT2D eigenvalue weighted by Crippen LogP contribution is -2.17. The van der Waals surface area contributed by atoms with Crippen molar-refractivity contribution < 1.29 is 4.74 Å². The Morgan fingerprint density at radius 3 is 3.06 bits per heavy atom. The molecule has 0 unspecified atom stereocenters. The maximum absolute atomic E-state index is 5.94. The van der Waals surface area contributed by atoms with Gasteiger partial charge in [0.25, 0.3) is 0 Å². The topological polar surface area (TPSA) is 52.8 Å². The molecule has 1 aliphatic heterocycles. The summed E-state index contributed by atoms with van der Waals surface area (Å²) < 4.78 is 7.62. The molecule has 5 nitrogen and oxygen atoms in total. The smallest absolute Gasteiger partial charge is 0.166 e. The van der Waals surface area contributed by atoms with Gasteiger partial charge in [-0.05, 0) is 19.3 Å². The minimum atomic E-state index is 0.0321. The number of nitrogens with zero attached hydrogens (tertiary/aromatic N) is 4. The number of fused-ring (bicyclic) bond motifs is 1. The van der Waals surface area contributed by atoms with Gasteiger partial charge in [-0.25, -0.2) is 15.0 Å². The average Bonchev–Trinajstić information content (AvgIpc) is 2.75. The molecule has 0 N–H and O–H groups in total. The van der Waals surface area contributed by atoms with Crippen molar-refractivity contribution in [1.29, 1.82) is 0 Å². The van der Waals surface area contributed by atoms with Crippen LogP contribution in [0.1, 0.15) is 25.5 Å². The summed E-state index contributed by atoms with van der Waals surface area (Å²) in [5, 5.41) is 0.388. The molecule has 16 heavy (non-hydrogen) atoms. The molecule has 2 aromatic rings. The fraction of sp³-hybridized carbons (Fsp3) is 0.500. The van der Waals surface area contributed by atoms with Crippen molar-refractivity contribution in [2.75, 3.05) is 6.61 Å². The summed E-state index contributed by atoms with van der Waals surface area (Å²) in [6.45, 7) is 0.795. The van der Waals surface area contributed by atoms with Gasteiger partial charge in [0.15, 0.2) is 10.8 Å². The van der Waals surface area contributed by atoms with Crippen LogP contribution < -0.4 is 0 Å². The highest BCUT2D eigenvalue weighted by Gasteiger charge is 2.19. The predicted octanol–water partition coefficient (Wildman–Crippen LogP) is 2.18. The van der Waals surface area contributed by atoms with Gasteiger partial charge in [-0.1, -0.05) is 11.6 Å². The fourth-order valence-electron chi connectivity index (χ4n) is 1.98. The molecule has 0 aliphatic carbocycles. The summed E-state index contributed by atoms with van der Waals surface area (Å²) in [7, 11) is 0. The van der Waals surface area contributed by atoms with E-state index in [4.69, 9.17) is 16.3 Å². The predicted molar refractivity (Wildman–Crippen MR) is 59.2 cm³/mol. The fourth-order valence-corrected chi connectivity index (χ4v) is 2.15. The Hall–Kier alpha value is -1.20. The third kappa shape index (κ3) is 1.56. The Morgan fingerprint density at radius 2 is 2.25 bits per heavy atom. The van der Waals surface area contributed by atoms with E-state index < -0.39 is 0 Å². The SMILES string of the molecule is Clc1ncnc2c1ncn2[C@H]1CCCCO1. The summed E-state index contributed by atoms with van der Waals surface area (Å²) in [5.74, 6) is 0. The van der Waals surface area contributed by atoms with Gasteiger partial charge in [0, 0.05) is 6.61 Å². The zero-order chi connectivity index (χ0) is 11.0. The van der Waals surface area contributed by atoms with E-state index in [2.05, 4.69) is 15.0 Å². The van der Waals surface area contributed by atoms with Gasteiger partial charge < -0.3 is 4.74 Å². The molecule has 0 radical (unpaired) electrons. The quantitative estimate of drug-likeness (QED) is 0.715. The van der Waals surface area contributed by atoms with Crippen LogP contribution in [0.4, 0.5) is 0 Å². The van der Waals surface area contributed by atoms with Crippen molar-refractivity contribution in [3.8, 4) is 0 Å². The maximum Gasteiger partial charge on any atom is 0.166 e. The number of hydrogen-bond donors (Lipinski definition) is 0. The molecule has 1 aliphatic rings.